The molecule has 0 saturated heterocycles. The fourth-order valence-corrected chi connectivity index (χ4v) is 3.92. The first-order chi connectivity index (χ1) is 13.4. The third-order valence-electron chi connectivity index (χ3n) is 4.24. The van der Waals surface area contributed by atoms with Gasteiger partial charge in [-0.15, -0.1) is 24.0 Å². The molecule has 2 rings (SSSR count). The highest BCUT2D eigenvalue weighted by molar-refractivity contribution is 14.0. The van der Waals surface area contributed by atoms with Crippen molar-refractivity contribution in [3.05, 3.63) is 59.4 Å². The van der Waals surface area contributed by atoms with Crippen LogP contribution in [0.15, 0.2) is 52.4 Å². The number of nitrogens with zero attached hydrogens (tertiary/aromatic N) is 1. The molecule has 160 valence electrons. The van der Waals surface area contributed by atoms with Crippen LogP contribution in [0.5, 0.6) is 5.75 Å². The van der Waals surface area contributed by atoms with Gasteiger partial charge in [0.25, 0.3) is 0 Å². The smallest absolute Gasteiger partial charge is 0.191 e. The molecule has 0 heterocycles. The molecule has 0 fully saturated rings. The normalized spacial score (nSPS) is 11.5. The van der Waals surface area contributed by atoms with Gasteiger partial charge in [0, 0.05) is 20.1 Å². The molecule has 0 spiro atoms. The first-order valence-electron chi connectivity index (χ1n) is 8.92. The summed E-state index contributed by atoms with van der Waals surface area (Å²) in [6.45, 7) is 2.72. The number of guanidine groups is 1. The predicted octanol–water partition coefficient (Wildman–Crippen LogP) is 2.94. The standard InChI is InChI=1S/C20H26FN3O3S.HI/c1-15-8-9-16(14-18(15)27-3)10-11-23-20(22-2)24-12-13-28(25,26)19-7-5-4-6-17(19)21;/h4-9,14H,10-13H2,1-3H3,(H2,22,23,24);1H. The lowest BCUT2D eigenvalue weighted by Crippen LogP contribution is -2.40. The molecular weight excluding hydrogens is 508 g/mol. The van der Waals surface area contributed by atoms with Crippen molar-refractivity contribution in [3.8, 4) is 5.75 Å². The van der Waals surface area contributed by atoms with Gasteiger partial charge in [0.2, 0.25) is 0 Å². The number of nitrogens with one attached hydrogen (secondary N) is 2. The second-order valence-electron chi connectivity index (χ2n) is 6.23. The van der Waals surface area contributed by atoms with Gasteiger partial charge in [-0.25, -0.2) is 12.8 Å². The Morgan fingerprint density at radius 2 is 1.83 bits per heavy atom. The van der Waals surface area contributed by atoms with Crippen molar-refractivity contribution < 1.29 is 17.5 Å². The molecule has 0 aromatic heterocycles. The van der Waals surface area contributed by atoms with Crippen molar-refractivity contribution in [1.82, 2.24) is 10.6 Å². The summed E-state index contributed by atoms with van der Waals surface area (Å²) in [7, 11) is -0.453. The van der Waals surface area contributed by atoms with Gasteiger partial charge in [-0.2, -0.15) is 0 Å². The lowest BCUT2D eigenvalue weighted by molar-refractivity contribution is 0.411. The van der Waals surface area contributed by atoms with E-state index < -0.39 is 15.7 Å². The minimum absolute atomic E-state index is 0. The Kier molecular flexibility index (Phi) is 10.4. The van der Waals surface area contributed by atoms with Crippen molar-refractivity contribution in [2.75, 3.05) is 33.0 Å². The number of rotatable bonds is 8. The molecule has 2 aromatic rings. The summed E-state index contributed by atoms with van der Waals surface area (Å²) in [4.78, 5) is 3.79. The predicted molar refractivity (Wildman–Crippen MR) is 125 cm³/mol. The molecular formula is C20H27FIN3O3S. The number of halogens is 2. The Morgan fingerprint density at radius 3 is 2.48 bits per heavy atom. The number of hydrogen-bond donors (Lipinski definition) is 2. The third-order valence-corrected chi connectivity index (χ3v) is 5.98. The summed E-state index contributed by atoms with van der Waals surface area (Å²) < 4.78 is 43.5. The summed E-state index contributed by atoms with van der Waals surface area (Å²) in [5, 5.41) is 6.08. The fraction of sp³-hybridized carbons (Fsp3) is 0.350. The van der Waals surface area contributed by atoms with Crippen LogP contribution in [0, 0.1) is 12.7 Å². The van der Waals surface area contributed by atoms with E-state index in [-0.39, 0.29) is 41.2 Å². The highest BCUT2D eigenvalue weighted by Crippen LogP contribution is 2.19. The van der Waals surface area contributed by atoms with Crippen molar-refractivity contribution in [3.63, 3.8) is 0 Å². The average Bonchev–Trinajstić information content (AvgIpc) is 2.68. The lowest BCUT2D eigenvalue weighted by Gasteiger charge is -2.13. The van der Waals surface area contributed by atoms with Gasteiger partial charge in [-0.3, -0.25) is 4.99 Å². The first kappa shape index (κ1) is 25.2. The van der Waals surface area contributed by atoms with E-state index in [4.69, 9.17) is 4.74 Å². The Labute approximate surface area is 188 Å². The zero-order valence-electron chi connectivity index (χ0n) is 16.7. The molecule has 2 aromatic carbocycles. The van der Waals surface area contributed by atoms with Crippen LogP contribution in [0.2, 0.25) is 0 Å². The van der Waals surface area contributed by atoms with Gasteiger partial charge in [0.05, 0.1) is 12.9 Å². The maximum atomic E-state index is 13.7. The van der Waals surface area contributed by atoms with Gasteiger partial charge in [0.1, 0.15) is 16.5 Å². The molecule has 6 nitrogen and oxygen atoms in total. The highest BCUT2D eigenvalue weighted by Gasteiger charge is 2.18. The Bertz CT molecular complexity index is 936. The number of benzene rings is 2. The first-order valence-corrected chi connectivity index (χ1v) is 10.6. The Balaban J connectivity index is 0.00000420. The molecule has 2 N–H and O–H groups in total. The van der Waals surface area contributed by atoms with Crippen LogP contribution in [0.1, 0.15) is 11.1 Å². The number of methoxy groups -OCH3 is 1. The molecule has 0 aliphatic heterocycles. The van der Waals surface area contributed by atoms with Gasteiger partial charge in [-0.1, -0.05) is 24.3 Å². The molecule has 0 atom stereocenters. The molecule has 29 heavy (non-hydrogen) atoms. The molecule has 0 amide bonds. The van der Waals surface area contributed by atoms with E-state index in [1.807, 2.05) is 25.1 Å². The molecule has 0 bridgehead atoms. The van der Waals surface area contributed by atoms with Crippen molar-refractivity contribution in [2.45, 2.75) is 18.2 Å². The lowest BCUT2D eigenvalue weighted by atomic mass is 10.1. The highest BCUT2D eigenvalue weighted by atomic mass is 127. The van der Waals surface area contributed by atoms with Crippen LogP contribution >= 0.6 is 24.0 Å². The summed E-state index contributed by atoms with van der Waals surface area (Å²) in [5.74, 6) is 0.365. The Morgan fingerprint density at radius 1 is 1.14 bits per heavy atom. The van der Waals surface area contributed by atoms with Gasteiger partial charge in [-0.05, 0) is 42.7 Å². The van der Waals surface area contributed by atoms with E-state index in [2.05, 4.69) is 15.6 Å². The quantitative estimate of drug-likeness (QED) is 0.309. The zero-order chi connectivity index (χ0) is 20.6. The van der Waals surface area contributed by atoms with Crippen molar-refractivity contribution >= 4 is 39.8 Å². The van der Waals surface area contributed by atoms with E-state index in [9.17, 15) is 12.8 Å². The molecule has 0 unspecified atom stereocenters. The fourth-order valence-electron chi connectivity index (χ4n) is 2.68. The summed E-state index contributed by atoms with van der Waals surface area (Å²) in [6.07, 6.45) is 0.755. The summed E-state index contributed by atoms with van der Waals surface area (Å²) >= 11 is 0. The van der Waals surface area contributed by atoms with Gasteiger partial charge < -0.3 is 15.4 Å². The monoisotopic (exact) mass is 535 g/mol. The van der Waals surface area contributed by atoms with E-state index in [1.165, 1.54) is 18.2 Å². The van der Waals surface area contributed by atoms with E-state index in [1.54, 1.807) is 14.2 Å². The molecule has 0 saturated carbocycles. The van der Waals surface area contributed by atoms with Crippen LogP contribution < -0.4 is 15.4 Å². The minimum atomic E-state index is -3.70. The maximum Gasteiger partial charge on any atom is 0.191 e. The molecule has 0 radical (unpaired) electrons. The average molecular weight is 535 g/mol. The third kappa shape index (κ3) is 7.46. The summed E-state index contributed by atoms with van der Waals surface area (Å²) in [5.41, 5.74) is 2.19. The number of aliphatic imine (C=N–C) groups is 1. The van der Waals surface area contributed by atoms with E-state index >= 15 is 0 Å². The van der Waals surface area contributed by atoms with Crippen LogP contribution in [0.3, 0.4) is 0 Å². The van der Waals surface area contributed by atoms with Crippen LogP contribution in [0.4, 0.5) is 4.39 Å². The second kappa shape index (κ2) is 12.0. The number of aryl methyl sites for hydroxylation is 1. The topological polar surface area (TPSA) is 79.8 Å². The van der Waals surface area contributed by atoms with Crippen LogP contribution in [0.25, 0.3) is 0 Å². The van der Waals surface area contributed by atoms with Gasteiger partial charge >= 0.3 is 0 Å². The van der Waals surface area contributed by atoms with E-state index in [0.717, 1.165) is 29.4 Å². The molecule has 9 heteroatoms. The van der Waals surface area contributed by atoms with Crippen LogP contribution in [-0.4, -0.2) is 47.4 Å². The number of hydrogen-bond acceptors (Lipinski definition) is 4. The zero-order valence-corrected chi connectivity index (χ0v) is 19.9. The van der Waals surface area contributed by atoms with Crippen molar-refractivity contribution in [2.24, 2.45) is 4.99 Å². The van der Waals surface area contributed by atoms with Crippen LogP contribution in [-0.2, 0) is 16.3 Å². The molecule has 0 aliphatic carbocycles. The molecule has 0 aliphatic rings. The largest absolute Gasteiger partial charge is 0.496 e. The maximum absolute atomic E-state index is 13.7. The minimum Gasteiger partial charge on any atom is -0.496 e. The van der Waals surface area contributed by atoms with Crippen molar-refractivity contribution in [1.29, 1.82) is 0 Å². The number of ether oxygens (including phenoxy) is 1. The summed E-state index contributed by atoms with van der Waals surface area (Å²) in [6, 6.07) is 11.4. The second-order valence-corrected chi connectivity index (χ2v) is 8.31. The SMILES string of the molecule is CN=C(NCCc1ccc(C)c(OC)c1)NCCS(=O)(=O)c1ccccc1F.I. The van der Waals surface area contributed by atoms with Gasteiger partial charge in [0.15, 0.2) is 15.8 Å². The Hall–Kier alpha value is -1.88. The van der Waals surface area contributed by atoms with E-state index in [0.29, 0.717) is 12.5 Å². The number of sulfone groups is 1.